The highest BCUT2D eigenvalue weighted by Gasteiger charge is 2.42. The van der Waals surface area contributed by atoms with Crippen LogP contribution in [0, 0.1) is 0 Å². The van der Waals surface area contributed by atoms with E-state index in [1.807, 2.05) is 12.1 Å². The van der Waals surface area contributed by atoms with E-state index in [-0.39, 0.29) is 0 Å². The van der Waals surface area contributed by atoms with Crippen molar-refractivity contribution >= 4 is 0 Å². The minimum atomic E-state index is -0.713. The molecular formula is C12H17NO2. The molecule has 2 saturated heterocycles. The first kappa shape index (κ1) is 9.43. The molecule has 0 amide bonds. The van der Waals surface area contributed by atoms with E-state index in [1.165, 1.54) is 19.4 Å². The molecule has 2 unspecified atom stereocenters. The van der Waals surface area contributed by atoms with Gasteiger partial charge in [0.1, 0.15) is 11.4 Å². The number of nitrogens with zero attached hydrogens (tertiary/aromatic N) is 1. The van der Waals surface area contributed by atoms with Crippen LogP contribution in [0.2, 0.25) is 0 Å². The van der Waals surface area contributed by atoms with Gasteiger partial charge in [-0.05, 0) is 44.4 Å². The van der Waals surface area contributed by atoms with Crippen LogP contribution in [0.25, 0.3) is 0 Å². The molecule has 82 valence electrons. The molecule has 2 fully saturated rings. The molecule has 3 nitrogen and oxygen atoms in total. The third-order valence-corrected chi connectivity index (χ3v) is 3.86. The quantitative estimate of drug-likeness (QED) is 0.762. The molecule has 3 heterocycles. The maximum absolute atomic E-state index is 10.6. The fraction of sp³-hybridized carbons (Fsp3) is 0.667. The Kier molecular flexibility index (Phi) is 2.11. The lowest BCUT2D eigenvalue weighted by Crippen LogP contribution is -2.45. The summed E-state index contributed by atoms with van der Waals surface area (Å²) in [5, 5.41) is 10.6. The largest absolute Gasteiger partial charge is 0.466 e. The fourth-order valence-corrected chi connectivity index (χ4v) is 3.01. The molecule has 1 aromatic rings. The van der Waals surface area contributed by atoms with Gasteiger partial charge in [-0.25, -0.2) is 0 Å². The van der Waals surface area contributed by atoms with Crippen LogP contribution < -0.4 is 0 Å². The van der Waals surface area contributed by atoms with Gasteiger partial charge in [-0.3, -0.25) is 0 Å². The summed E-state index contributed by atoms with van der Waals surface area (Å²) in [7, 11) is 0. The van der Waals surface area contributed by atoms with Crippen LogP contribution in [0.3, 0.4) is 0 Å². The molecular weight excluding hydrogens is 190 g/mol. The molecule has 0 aliphatic carbocycles. The summed E-state index contributed by atoms with van der Waals surface area (Å²) in [5.74, 6) is 0.744. The van der Waals surface area contributed by atoms with Gasteiger partial charge in [0.05, 0.1) is 6.26 Å². The van der Waals surface area contributed by atoms with E-state index in [0.29, 0.717) is 6.04 Å². The number of aliphatic hydroxyl groups is 1. The lowest BCUT2D eigenvalue weighted by atomic mass is 9.85. The Balaban J connectivity index is 1.83. The molecule has 3 heteroatoms. The van der Waals surface area contributed by atoms with Crippen LogP contribution >= 0.6 is 0 Å². The first-order valence-corrected chi connectivity index (χ1v) is 5.78. The average Bonchev–Trinajstić information content (AvgIpc) is 2.87. The number of rotatable bonds is 1. The van der Waals surface area contributed by atoms with Crippen molar-refractivity contribution in [1.29, 1.82) is 0 Å². The first-order valence-electron chi connectivity index (χ1n) is 5.78. The van der Waals surface area contributed by atoms with Crippen LogP contribution in [0.5, 0.6) is 0 Å². The average molecular weight is 207 g/mol. The molecule has 3 rings (SSSR count). The van der Waals surface area contributed by atoms with Crippen molar-refractivity contribution in [2.45, 2.75) is 37.3 Å². The molecule has 0 bridgehead atoms. The van der Waals surface area contributed by atoms with Crippen molar-refractivity contribution < 1.29 is 9.52 Å². The predicted molar refractivity (Wildman–Crippen MR) is 56.4 cm³/mol. The Morgan fingerprint density at radius 3 is 3.20 bits per heavy atom. The molecule has 0 aromatic carbocycles. The van der Waals surface area contributed by atoms with Crippen LogP contribution in [-0.2, 0) is 5.60 Å². The van der Waals surface area contributed by atoms with Crippen molar-refractivity contribution in [2.24, 2.45) is 0 Å². The smallest absolute Gasteiger partial charge is 0.135 e. The number of hydrogen-bond acceptors (Lipinski definition) is 3. The fourth-order valence-electron chi connectivity index (χ4n) is 3.01. The molecule has 0 spiro atoms. The van der Waals surface area contributed by atoms with Gasteiger partial charge in [0, 0.05) is 12.6 Å². The van der Waals surface area contributed by atoms with Crippen LogP contribution in [0.1, 0.15) is 31.4 Å². The second kappa shape index (κ2) is 3.35. The zero-order chi connectivity index (χ0) is 10.3. The molecule has 2 atom stereocenters. The van der Waals surface area contributed by atoms with Gasteiger partial charge in [-0.2, -0.15) is 0 Å². The third-order valence-electron chi connectivity index (χ3n) is 3.86. The molecule has 0 radical (unpaired) electrons. The topological polar surface area (TPSA) is 36.6 Å². The second-order valence-electron chi connectivity index (χ2n) is 4.80. The Morgan fingerprint density at radius 2 is 2.40 bits per heavy atom. The Hall–Kier alpha value is -0.800. The Labute approximate surface area is 89.7 Å². The van der Waals surface area contributed by atoms with Gasteiger partial charge in [0.2, 0.25) is 0 Å². The summed E-state index contributed by atoms with van der Waals surface area (Å²) in [6.07, 6.45) is 5.79. The summed E-state index contributed by atoms with van der Waals surface area (Å²) in [4.78, 5) is 2.50. The molecule has 2 aliphatic rings. The van der Waals surface area contributed by atoms with Gasteiger partial charge in [-0.15, -0.1) is 0 Å². The highest BCUT2D eigenvalue weighted by Crippen LogP contribution is 2.39. The maximum Gasteiger partial charge on any atom is 0.135 e. The van der Waals surface area contributed by atoms with Gasteiger partial charge in [0.15, 0.2) is 0 Å². The van der Waals surface area contributed by atoms with Crippen molar-refractivity contribution in [3.8, 4) is 0 Å². The molecule has 2 aliphatic heterocycles. The van der Waals surface area contributed by atoms with Crippen LogP contribution in [-0.4, -0.2) is 29.1 Å². The minimum Gasteiger partial charge on any atom is -0.466 e. The Morgan fingerprint density at radius 1 is 1.47 bits per heavy atom. The standard InChI is InChI=1S/C12H17NO2/c14-12(11-4-2-8-15-11)5-7-13-6-1-3-10(13)9-12/h2,4,8,10,14H,1,3,5-7,9H2. The van der Waals surface area contributed by atoms with Crippen molar-refractivity contribution in [3.05, 3.63) is 24.2 Å². The summed E-state index contributed by atoms with van der Waals surface area (Å²) in [5.41, 5.74) is -0.713. The van der Waals surface area contributed by atoms with Gasteiger partial charge < -0.3 is 14.4 Å². The number of hydrogen-bond donors (Lipinski definition) is 1. The predicted octanol–water partition coefficient (Wildman–Crippen LogP) is 1.73. The molecule has 1 aromatic heterocycles. The summed E-state index contributed by atoms with van der Waals surface area (Å²) < 4.78 is 5.36. The van der Waals surface area contributed by atoms with Crippen molar-refractivity contribution in [1.82, 2.24) is 4.90 Å². The monoisotopic (exact) mass is 207 g/mol. The molecule has 0 saturated carbocycles. The normalized spacial score (nSPS) is 36.7. The van der Waals surface area contributed by atoms with E-state index in [0.717, 1.165) is 25.1 Å². The van der Waals surface area contributed by atoms with E-state index in [4.69, 9.17) is 4.42 Å². The number of furan rings is 1. The lowest BCUT2D eigenvalue weighted by molar-refractivity contribution is -0.0558. The number of fused-ring (bicyclic) bond motifs is 1. The highest BCUT2D eigenvalue weighted by molar-refractivity contribution is 5.12. The van der Waals surface area contributed by atoms with Crippen molar-refractivity contribution in [2.75, 3.05) is 13.1 Å². The van der Waals surface area contributed by atoms with Crippen molar-refractivity contribution in [3.63, 3.8) is 0 Å². The molecule has 15 heavy (non-hydrogen) atoms. The SMILES string of the molecule is OC1(c2ccco2)CCN2CCCC2C1. The van der Waals surface area contributed by atoms with E-state index < -0.39 is 5.60 Å². The second-order valence-corrected chi connectivity index (χ2v) is 4.80. The van der Waals surface area contributed by atoms with Crippen LogP contribution in [0.4, 0.5) is 0 Å². The minimum absolute atomic E-state index is 0.564. The zero-order valence-corrected chi connectivity index (χ0v) is 8.85. The van der Waals surface area contributed by atoms with Gasteiger partial charge in [-0.1, -0.05) is 0 Å². The lowest BCUT2D eigenvalue weighted by Gasteiger charge is -2.39. The zero-order valence-electron chi connectivity index (χ0n) is 8.85. The summed E-state index contributed by atoms with van der Waals surface area (Å²) in [6.45, 7) is 2.21. The van der Waals surface area contributed by atoms with E-state index >= 15 is 0 Å². The molecule has 1 N–H and O–H groups in total. The van der Waals surface area contributed by atoms with Crippen LogP contribution in [0.15, 0.2) is 22.8 Å². The summed E-state index contributed by atoms with van der Waals surface area (Å²) in [6, 6.07) is 4.31. The van der Waals surface area contributed by atoms with Gasteiger partial charge >= 0.3 is 0 Å². The third kappa shape index (κ3) is 1.50. The first-order chi connectivity index (χ1) is 7.28. The maximum atomic E-state index is 10.6. The highest BCUT2D eigenvalue weighted by atomic mass is 16.4. The van der Waals surface area contributed by atoms with E-state index in [9.17, 15) is 5.11 Å². The van der Waals surface area contributed by atoms with E-state index in [2.05, 4.69) is 4.90 Å². The van der Waals surface area contributed by atoms with Gasteiger partial charge in [0.25, 0.3) is 0 Å². The Bertz CT molecular complexity index is 335. The summed E-state index contributed by atoms with van der Waals surface area (Å²) >= 11 is 0. The number of piperidine rings is 1. The van der Waals surface area contributed by atoms with E-state index in [1.54, 1.807) is 6.26 Å².